The molecule has 27 heavy (non-hydrogen) atoms. The van der Waals surface area contributed by atoms with E-state index in [1.54, 1.807) is 0 Å². The maximum Gasteiger partial charge on any atom is 0.122 e. The lowest BCUT2D eigenvalue weighted by molar-refractivity contribution is 0.454. The molecule has 0 aliphatic rings. The fourth-order valence-electron chi connectivity index (χ4n) is 3.40. The molecule has 0 bridgehead atoms. The van der Waals surface area contributed by atoms with Crippen molar-refractivity contribution in [2.75, 3.05) is 0 Å². The van der Waals surface area contributed by atoms with Gasteiger partial charge in [0.15, 0.2) is 0 Å². The molecule has 0 saturated heterocycles. The summed E-state index contributed by atoms with van der Waals surface area (Å²) in [5.74, 6) is 0.730. The Bertz CT molecular complexity index is 748. The van der Waals surface area contributed by atoms with E-state index in [1.165, 1.54) is 11.1 Å². The Balaban J connectivity index is 2.63. The van der Waals surface area contributed by atoms with E-state index in [1.807, 2.05) is 0 Å². The zero-order valence-electron chi connectivity index (χ0n) is 18.3. The van der Waals surface area contributed by atoms with E-state index in [-0.39, 0.29) is 10.8 Å². The van der Waals surface area contributed by atoms with E-state index in [0.717, 1.165) is 35.1 Å². The first-order chi connectivity index (χ1) is 12.4. The van der Waals surface area contributed by atoms with Crippen molar-refractivity contribution in [2.24, 2.45) is 0 Å². The van der Waals surface area contributed by atoms with Crippen molar-refractivity contribution in [1.82, 2.24) is 0 Å². The van der Waals surface area contributed by atoms with Crippen LogP contribution in [0, 0.1) is 0 Å². The highest BCUT2D eigenvalue weighted by atomic mass is 16.3. The van der Waals surface area contributed by atoms with E-state index < -0.39 is 0 Å². The average molecular weight is 369 g/mol. The molecule has 2 N–H and O–H groups in total. The molecule has 2 aromatic carbocycles. The molecule has 0 radical (unpaired) electrons. The molecule has 0 aromatic heterocycles. The van der Waals surface area contributed by atoms with Gasteiger partial charge in [-0.1, -0.05) is 79.7 Å². The predicted octanol–water partition coefficient (Wildman–Crippen LogP) is 6.41. The van der Waals surface area contributed by atoms with Crippen molar-refractivity contribution in [1.29, 1.82) is 0 Å². The summed E-state index contributed by atoms with van der Waals surface area (Å²) in [5, 5.41) is 21.6. The second-order valence-electron chi connectivity index (χ2n) is 9.67. The predicted molar refractivity (Wildman–Crippen MR) is 115 cm³/mol. The second-order valence-corrected chi connectivity index (χ2v) is 9.67. The van der Waals surface area contributed by atoms with Crippen LogP contribution in [0.5, 0.6) is 11.5 Å². The summed E-state index contributed by atoms with van der Waals surface area (Å²) >= 11 is 0. The molecule has 0 aliphatic heterocycles. The number of benzene rings is 2. The van der Waals surface area contributed by atoms with Gasteiger partial charge in [-0.15, -0.1) is 0 Å². The highest BCUT2D eigenvalue weighted by molar-refractivity contribution is 5.52. The third kappa shape index (κ3) is 4.66. The van der Waals surface area contributed by atoms with Crippen LogP contribution in [-0.2, 0) is 30.1 Å². The Kier molecular flexibility index (Phi) is 5.99. The van der Waals surface area contributed by atoms with Crippen LogP contribution in [0.25, 0.3) is 0 Å². The molecule has 2 rings (SSSR count). The van der Waals surface area contributed by atoms with Gasteiger partial charge in [-0.3, -0.25) is 0 Å². The molecule has 0 unspecified atom stereocenters. The SMILES string of the molecule is CCc1cc(C(C)(C)C)cc(Cc2cc(C(C)(C)C)cc(CC)c2O)c1O. The van der Waals surface area contributed by atoms with Gasteiger partial charge < -0.3 is 10.2 Å². The fourth-order valence-corrected chi connectivity index (χ4v) is 3.40. The minimum atomic E-state index is 0.0102. The monoisotopic (exact) mass is 368 g/mol. The summed E-state index contributed by atoms with van der Waals surface area (Å²) in [6.45, 7) is 17.3. The van der Waals surface area contributed by atoms with Crippen LogP contribution >= 0.6 is 0 Å². The first kappa shape index (κ1) is 21.3. The molecule has 2 aromatic rings. The highest BCUT2D eigenvalue weighted by Crippen LogP contribution is 2.37. The minimum Gasteiger partial charge on any atom is -0.507 e. The van der Waals surface area contributed by atoms with Gasteiger partial charge in [-0.05, 0) is 57.1 Å². The third-order valence-electron chi connectivity index (χ3n) is 5.41. The van der Waals surface area contributed by atoms with Crippen LogP contribution < -0.4 is 0 Å². The first-order valence-corrected chi connectivity index (χ1v) is 10.1. The highest BCUT2D eigenvalue weighted by Gasteiger charge is 2.21. The fraction of sp³-hybridized carbons (Fsp3) is 0.520. The largest absolute Gasteiger partial charge is 0.507 e. The Morgan fingerprint density at radius 1 is 0.593 bits per heavy atom. The van der Waals surface area contributed by atoms with Gasteiger partial charge in [-0.25, -0.2) is 0 Å². The average Bonchev–Trinajstić information content (AvgIpc) is 2.56. The van der Waals surface area contributed by atoms with E-state index in [9.17, 15) is 10.2 Å². The summed E-state index contributed by atoms with van der Waals surface area (Å²) in [4.78, 5) is 0. The van der Waals surface area contributed by atoms with Gasteiger partial charge in [0, 0.05) is 6.42 Å². The normalized spacial score (nSPS) is 12.4. The van der Waals surface area contributed by atoms with E-state index in [4.69, 9.17) is 0 Å². The van der Waals surface area contributed by atoms with Gasteiger partial charge in [0.25, 0.3) is 0 Å². The summed E-state index contributed by atoms with van der Waals surface area (Å²) in [7, 11) is 0. The van der Waals surface area contributed by atoms with Crippen LogP contribution in [-0.4, -0.2) is 10.2 Å². The first-order valence-electron chi connectivity index (χ1n) is 10.1. The van der Waals surface area contributed by atoms with Crippen molar-refractivity contribution in [2.45, 2.75) is 85.5 Å². The number of phenolic OH excluding ortho intramolecular Hbond substituents is 2. The number of phenols is 2. The minimum absolute atomic E-state index is 0.0102. The molecule has 0 saturated carbocycles. The maximum absolute atomic E-state index is 10.8. The van der Waals surface area contributed by atoms with Gasteiger partial charge in [0.05, 0.1) is 0 Å². The van der Waals surface area contributed by atoms with Crippen molar-refractivity contribution in [3.63, 3.8) is 0 Å². The van der Waals surface area contributed by atoms with Crippen molar-refractivity contribution >= 4 is 0 Å². The van der Waals surface area contributed by atoms with Crippen LogP contribution in [0.4, 0.5) is 0 Å². The Hall–Kier alpha value is -1.96. The molecule has 0 amide bonds. The number of rotatable bonds is 4. The lowest BCUT2D eigenvalue weighted by atomic mass is 9.81. The molecule has 148 valence electrons. The Morgan fingerprint density at radius 3 is 1.15 bits per heavy atom. The molecular weight excluding hydrogens is 332 g/mol. The quantitative estimate of drug-likeness (QED) is 0.655. The number of aromatic hydroxyl groups is 2. The van der Waals surface area contributed by atoms with Gasteiger partial charge >= 0.3 is 0 Å². The van der Waals surface area contributed by atoms with E-state index in [0.29, 0.717) is 17.9 Å². The van der Waals surface area contributed by atoms with Crippen LogP contribution in [0.2, 0.25) is 0 Å². The Morgan fingerprint density at radius 2 is 0.889 bits per heavy atom. The Labute approximate surface area is 165 Å². The standard InChI is InChI=1S/C25H36O2/c1-9-16-12-20(24(3,4)5)14-18(22(16)26)11-19-15-21(25(6,7)8)13-17(10-2)23(19)27/h12-15,26-27H,9-11H2,1-8H3. The summed E-state index contributed by atoms with van der Waals surface area (Å²) in [6.07, 6.45) is 2.11. The molecule has 2 nitrogen and oxygen atoms in total. The molecule has 0 heterocycles. The molecule has 0 atom stereocenters. The molecular formula is C25H36O2. The smallest absolute Gasteiger partial charge is 0.122 e. The zero-order chi connectivity index (χ0) is 20.6. The number of hydrogen-bond donors (Lipinski definition) is 2. The summed E-state index contributed by atoms with van der Waals surface area (Å²) in [6, 6.07) is 8.43. The van der Waals surface area contributed by atoms with E-state index in [2.05, 4.69) is 79.7 Å². The van der Waals surface area contributed by atoms with Crippen molar-refractivity contribution in [3.05, 3.63) is 57.6 Å². The molecule has 0 fully saturated rings. The summed E-state index contributed by atoms with van der Waals surface area (Å²) < 4.78 is 0. The van der Waals surface area contributed by atoms with E-state index >= 15 is 0 Å². The summed E-state index contributed by atoms with van der Waals surface area (Å²) in [5.41, 5.74) is 6.18. The zero-order valence-corrected chi connectivity index (χ0v) is 18.3. The van der Waals surface area contributed by atoms with Crippen LogP contribution in [0.15, 0.2) is 24.3 Å². The third-order valence-corrected chi connectivity index (χ3v) is 5.41. The van der Waals surface area contributed by atoms with Crippen LogP contribution in [0.1, 0.15) is 88.8 Å². The van der Waals surface area contributed by atoms with Crippen molar-refractivity contribution < 1.29 is 10.2 Å². The topological polar surface area (TPSA) is 40.5 Å². The van der Waals surface area contributed by atoms with Gasteiger partial charge in [0.2, 0.25) is 0 Å². The number of aryl methyl sites for hydroxylation is 2. The number of hydrogen-bond acceptors (Lipinski definition) is 2. The lowest BCUT2D eigenvalue weighted by Crippen LogP contribution is -2.13. The molecule has 0 spiro atoms. The second kappa shape index (κ2) is 7.58. The maximum atomic E-state index is 10.8. The van der Waals surface area contributed by atoms with Gasteiger partial charge in [-0.2, -0.15) is 0 Å². The lowest BCUT2D eigenvalue weighted by Gasteiger charge is -2.24. The van der Waals surface area contributed by atoms with Crippen LogP contribution in [0.3, 0.4) is 0 Å². The molecule has 0 aliphatic carbocycles. The molecule has 2 heteroatoms. The van der Waals surface area contributed by atoms with Gasteiger partial charge in [0.1, 0.15) is 11.5 Å². The van der Waals surface area contributed by atoms with Crippen molar-refractivity contribution in [3.8, 4) is 11.5 Å².